The number of allylic oxidation sites excluding steroid dienone is 4. The Morgan fingerprint density at radius 2 is 1.43 bits per heavy atom. The molecule has 0 bridgehead atoms. The van der Waals surface area contributed by atoms with Gasteiger partial charge in [0.2, 0.25) is 0 Å². The first-order valence-electron chi connectivity index (χ1n) is 7.66. The van der Waals surface area contributed by atoms with Gasteiger partial charge >= 0.3 is 0 Å². The van der Waals surface area contributed by atoms with Crippen molar-refractivity contribution in [2.75, 3.05) is 0 Å². The molecule has 0 amide bonds. The van der Waals surface area contributed by atoms with E-state index >= 15 is 0 Å². The quantitative estimate of drug-likeness (QED) is 0.695. The molecule has 0 nitrogen and oxygen atoms in total. The SMILES string of the molecule is CCCC1=CC=CC1P(c1ccccc1)c1ccccc1. The second-order valence-corrected chi connectivity index (χ2v) is 7.69. The molecule has 1 aliphatic carbocycles. The Bertz CT molecular complexity index is 586. The highest BCUT2D eigenvalue weighted by molar-refractivity contribution is 7.74. The Balaban J connectivity index is 2.01. The highest BCUT2D eigenvalue weighted by atomic mass is 31.1. The van der Waals surface area contributed by atoms with E-state index in [1.54, 1.807) is 5.57 Å². The molecule has 0 saturated heterocycles. The van der Waals surface area contributed by atoms with Gasteiger partial charge in [-0.1, -0.05) is 97.8 Å². The van der Waals surface area contributed by atoms with Gasteiger partial charge in [-0.25, -0.2) is 0 Å². The second-order valence-electron chi connectivity index (χ2n) is 5.36. The normalized spacial score (nSPS) is 17.2. The van der Waals surface area contributed by atoms with Crippen LogP contribution in [0.5, 0.6) is 0 Å². The van der Waals surface area contributed by atoms with E-state index < -0.39 is 0 Å². The monoisotopic (exact) mass is 292 g/mol. The molecule has 0 aliphatic heterocycles. The average molecular weight is 292 g/mol. The number of hydrogen-bond acceptors (Lipinski definition) is 0. The summed E-state index contributed by atoms with van der Waals surface area (Å²) in [6.07, 6.45) is 9.40. The van der Waals surface area contributed by atoms with E-state index in [1.807, 2.05) is 0 Å². The molecular weight excluding hydrogens is 271 g/mol. The minimum atomic E-state index is -0.358. The van der Waals surface area contributed by atoms with Crippen LogP contribution in [0.4, 0.5) is 0 Å². The van der Waals surface area contributed by atoms with Crippen LogP contribution in [0.1, 0.15) is 19.8 Å². The van der Waals surface area contributed by atoms with Crippen molar-refractivity contribution in [3.05, 3.63) is 84.5 Å². The summed E-state index contributed by atoms with van der Waals surface area (Å²) in [4.78, 5) is 0. The van der Waals surface area contributed by atoms with Crippen LogP contribution < -0.4 is 10.6 Å². The van der Waals surface area contributed by atoms with E-state index in [1.165, 1.54) is 23.5 Å². The van der Waals surface area contributed by atoms with Gasteiger partial charge in [0.25, 0.3) is 0 Å². The summed E-state index contributed by atoms with van der Waals surface area (Å²) in [6.45, 7) is 2.27. The summed E-state index contributed by atoms with van der Waals surface area (Å²) in [5.41, 5.74) is 2.15. The lowest BCUT2D eigenvalue weighted by Crippen LogP contribution is -2.21. The topological polar surface area (TPSA) is 0 Å². The molecule has 21 heavy (non-hydrogen) atoms. The Morgan fingerprint density at radius 1 is 0.857 bits per heavy atom. The fourth-order valence-corrected chi connectivity index (χ4v) is 5.67. The van der Waals surface area contributed by atoms with E-state index in [4.69, 9.17) is 0 Å². The molecule has 0 N–H and O–H groups in total. The number of rotatable bonds is 5. The van der Waals surface area contributed by atoms with Crippen molar-refractivity contribution in [2.45, 2.75) is 25.4 Å². The van der Waals surface area contributed by atoms with Gasteiger partial charge in [0.15, 0.2) is 0 Å². The second kappa shape index (κ2) is 6.87. The lowest BCUT2D eigenvalue weighted by Gasteiger charge is -2.26. The average Bonchev–Trinajstić information content (AvgIpc) is 2.98. The van der Waals surface area contributed by atoms with E-state index in [0.29, 0.717) is 5.66 Å². The standard InChI is InChI=1S/C20H21P/c1-2-10-17-11-9-16-20(17)21(18-12-5-3-6-13-18)19-14-7-4-8-15-19/h3-9,11-16,20H,2,10H2,1H3. The first-order valence-corrected chi connectivity index (χ1v) is 9.08. The molecule has 0 saturated carbocycles. The predicted molar refractivity (Wildman–Crippen MR) is 95.0 cm³/mol. The lowest BCUT2D eigenvalue weighted by molar-refractivity contribution is 0.890. The molecule has 0 aromatic heterocycles. The molecular formula is C20H21P. The van der Waals surface area contributed by atoms with Gasteiger partial charge in [0, 0.05) is 5.66 Å². The van der Waals surface area contributed by atoms with Crippen molar-refractivity contribution in [3.8, 4) is 0 Å². The van der Waals surface area contributed by atoms with Crippen LogP contribution in [0.3, 0.4) is 0 Å². The van der Waals surface area contributed by atoms with Gasteiger partial charge in [-0.2, -0.15) is 0 Å². The predicted octanol–water partition coefficient (Wildman–Crippen LogP) is 4.78. The lowest BCUT2D eigenvalue weighted by atomic mass is 10.1. The van der Waals surface area contributed by atoms with Crippen LogP contribution in [-0.4, -0.2) is 5.66 Å². The van der Waals surface area contributed by atoms with Crippen LogP contribution in [0.15, 0.2) is 84.5 Å². The van der Waals surface area contributed by atoms with Crippen molar-refractivity contribution in [1.29, 1.82) is 0 Å². The molecule has 1 unspecified atom stereocenters. The fraction of sp³-hybridized carbons (Fsp3) is 0.200. The zero-order chi connectivity index (χ0) is 14.5. The molecule has 1 aliphatic rings. The zero-order valence-electron chi connectivity index (χ0n) is 12.4. The van der Waals surface area contributed by atoms with Crippen LogP contribution in [0, 0.1) is 0 Å². The Morgan fingerprint density at radius 3 is 1.95 bits per heavy atom. The largest absolute Gasteiger partial charge is 0.0725 e. The van der Waals surface area contributed by atoms with Gasteiger partial charge in [0.05, 0.1) is 0 Å². The Labute approximate surface area is 129 Å². The van der Waals surface area contributed by atoms with Gasteiger partial charge < -0.3 is 0 Å². The molecule has 0 radical (unpaired) electrons. The van der Waals surface area contributed by atoms with E-state index in [9.17, 15) is 0 Å². The zero-order valence-corrected chi connectivity index (χ0v) is 13.3. The van der Waals surface area contributed by atoms with Crippen molar-refractivity contribution in [1.82, 2.24) is 0 Å². The first-order chi connectivity index (χ1) is 10.4. The summed E-state index contributed by atoms with van der Waals surface area (Å²) in [7, 11) is -0.358. The molecule has 2 aromatic carbocycles. The van der Waals surface area contributed by atoms with Gasteiger partial charge in [0.1, 0.15) is 0 Å². The van der Waals surface area contributed by atoms with Crippen LogP contribution in [-0.2, 0) is 0 Å². The fourth-order valence-electron chi connectivity index (χ4n) is 2.93. The summed E-state index contributed by atoms with van der Waals surface area (Å²) in [5.74, 6) is 0. The van der Waals surface area contributed by atoms with Crippen molar-refractivity contribution in [2.24, 2.45) is 0 Å². The Kier molecular flexibility index (Phi) is 4.68. The highest BCUT2D eigenvalue weighted by Gasteiger charge is 2.26. The van der Waals surface area contributed by atoms with Crippen molar-refractivity contribution in [3.63, 3.8) is 0 Å². The van der Waals surface area contributed by atoms with Gasteiger partial charge in [-0.3, -0.25) is 0 Å². The first kappa shape index (κ1) is 14.3. The number of benzene rings is 2. The molecule has 1 atom stereocenters. The third-order valence-corrected chi connectivity index (χ3v) is 6.64. The molecule has 106 valence electrons. The third kappa shape index (κ3) is 3.17. The molecule has 2 aromatic rings. The third-order valence-electron chi connectivity index (χ3n) is 3.87. The smallest absolute Gasteiger partial charge is 0.0266 e. The minimum absolute atomic E-state index is 0.358. The molecule has 1 heteroatoms. The van der Waals surface area contributed by atoms with Crippen molar-refractivity contribution >= 4 is 18.5 Å². The maximum Gasteiger partial charge on any atom is 0.0266 e. The molecule has 0 fully saturated rings. The van der Waals surface area contributed by atoms with Gasteiger partial charge in [-0.05, 0) is 25.0 Å². The van der Waals surface area contributed by atoms with Crippen LogP contribution in [0.2, 0.25) is 0 Å². The Hall–Kier alpha value is -1.65. The maximum atomic E-state index is 2.40. The highest BCUT2D eigenvalue weighted by Crippen LogP contribution is 2.46. The molecule has 0 heterocycles. The van der Waals surface area contributed by atoms with E-state index in [2.05, 4.69) is 85.8 Å². The minimum Gasteiger partial charge on any atom is -0.0725 e. The summed E-state index contributed by atoms with van der Waals surface area (Å²) < 4.78 is 0. The van der Waals surface area contributed by atoms with E-state index in [0.717, 1.165) is 0 Å². The van der Waals surface area contributed by atoms with E-state index in [-0.39, 0.29) is 7.92 Å². The summed E-state index contributed by atoms with van der Waals surface area (Å²) in [5, 5.41) is 2.94. The maximum absolute atomic E-state index is 2.40. The van der Waals surface area contributed by atoms with Crippen molar-refractivity contribution < 1.29 is 0 Å². The number of hydrogen-bond donors (Lipinski definition) is 0. The summed E-state index contributed by atoms with van der Waals surface area (Å²) in [6, 6.07) is 22.0. The van der Waals surface area contributed by atoms with Gasteiger partial charge in [-0.15, -0.1) is 0 Å². The summed E-state index contributed by atoms with van der Waals surface area (Å²) >= 11 is 0. The molecule has 3 rings (SSSR count). The van der Waals surface area contributed by atoms with Crippen LogP contribution in [0.25, 0.3) is 0 Å². The van der Waals surface area contributed by atoms with Crippen LogP contribution >= 0.6 is 7.92 Å². The molecule has 0 spiro atoms.